The first-order chi connectivity index (χ1) is 28.1. The highest BCUT2D eigenvalue weighted by atomic mass is 27.2. The minimum atomic E-state index is -10.6. The van der Waals surface area contributed by atoms with E-state index in [1.54, 1.807) is 0 Å². The van der Waals surface area contributed by atoms with Gasteiger partial charge >= 0.3 is 36.2 Å². The van der Waals surface area contributed by atoms with Crippen molar-refractivity contribution in [2.45, 2.75) is 41.2 Å². The molecule has 4 aliphatic rings. The molecule has 52 nitrogen and oxygen atoms in total. The molecule has 0 aromatic rings. The van der Waals surface area contributed by atoms with E-state index < -0.39 is 113 Å². The van der Waals surface area contributed by atoms with Crippen molar-refractivity contribution in [2.24, 2.45) is 41.4 Å². The average Bonchev–Trinajstić information content (AvgIpc) is 3.94. The zero-order valence-corrected chi connectivity index (χ0v) is 28.5. The van der Waals surface area contributed by atoms with E-state index in [1.807, 2.05) is 0 Å². The van der Waals surface area contributed by atoms with Crippen molar-refractivity contribution in [3.05, 3.63) is 121 Å². The van der Waals surface area contributed by atoms with Gasteiger partial charge in [-0.3, -0.25) is 121 Å². The van der Waals surface area contributed by atoms with Crippen molar-refractivity contribution in [2.75, 3.05) is 0 Å². The van der Waals surface area contributed by atoms with Crippen molar-refractivity contribution < 1.29 is 59.1 Å². The topological polar surface area (TPSA) is 713 Å². The minimum Gasteiger partial charge on any atom is -0.253 e. The molecule has 0 bridgehead atoms. The van der Waals surface area contributed by atoms with Crippen LogP contribution in [0.2, 0.25) is 0 Å². The number of hydrogen-bond donors (Lipinski definition) is 8. The van der Waals surface area contributed by atoms with Gasteiger partial charge in [-0.1, -0.05) is 20.9 Å². The summed E-state index contributed by atoms with van der Waals surface area (Å²) in [7, 11) is 0. The smallest absolute Gasteiger partial charge is 0.253 e. The molecule has 4 rings (SSSR count). The molecule has 0 aromatic carbocycles. The second-order valence-electron chi connectivity index (χ2n) is 11.3. The molecule has 328 valence electrons. The Bertz CT molecular complexity index is 1800. The van der Waals surface area contributed by atoms with Crippen LogP contribution in [0, 0.1) is 121 Å². The van der Waals surface area contributed by atoms with E-state index in [0.717, 1.165) is 43.8 Å². The zero-order chi connectivity index (χ0) is 46.7. The minimum absolute atomic E-state index is 0.822. The predicted octanol–water partition coefficient (Wildman–Crippen LogP) is -7.79. The summed E-state index contributed by atoms with van der Waals surface area (Å²) >= 11 is -10.6. The molecule has 4 atom stereocenters. The molecular weight excluding hydrogens is 899 g/mol. The SMILES string of the molecule is O=[N+]([O-])C([N+](=O)[O-])([N+](=O)[O-])[C]1([Al-]([C]2(C([N+](=O)[O-])([N+](=O)[O-])[N+](=O)[O-])N=NNN2)([C]2(C([N+](=O)[O-])([N+](=O)[O-])[N+](=O)[O-])N=NNN2)[C]2(C([N+](=O)[O-])([N+](=O)[O-])[N+](=O)[O-])N=NNN2)N=NNN1. The van der Waals surface area contributed by atoms with E-state index in [0.29, 0.717) is 0 Å². The summed E-state index contributed by atoms with van der Waals surface area (Å²) in [5.74, 6) is -26.0. The Morgan fingerprint density at radius 3 is 0.508 bits per heavy atom. The molecule has 0 saturated heterocycles. The van der Waals surface area contributed by atoms with Crippen LogP contribution in [0.3, 0.4) is 0 Å². The van der Waals surface area contributed by atoms with Crippen LogP contribution in [0.25, 0.3) is 0 Å². The van der Waals surface area contributed by atoms with E-state index >= 15 is 0 Å². The fourth-order valence-corrected chi connectivity index (χ4v) is 17.0. The van der Waals surface area contributed by atoms with Gasteiger partial charge in [-0.2, -0.15) is 20.5 Å². The summed E-state index contributed by atoms with van der Waals surface area (Å²) in [6, 6.07) is 0. The van der Waals surface area contributed by atoms with Crippen molar-refractivity contribution in [3.63, 3.8) is 0 Å². The van der Waals surface area contributed by atoms with Gasteiger partial charge in [0.1, 0.15) is 0 Å². The summed E-state index contributed by atoms with van der Waals surface area (Å²) < 4.78 is -24.6. The Morgan fingerprint density at radius 1 is 0.295 bits per heavy atom. The lowest BCUT2D eigenvalue weighted by Gasteiger charge is -2.56. The molecule has 0 amide bonds. The van der Waals surface area contributed by atoms with Crippen LogP contribution >= 0.6 is 0 Å². The lowest BCUT2D eigenvalue weighted by Crippen LogP contribution is -3.11. The van der Waals surface area contributed by atoms with Gasteiger partial charge in [0.05, 0.1) is 0 Å². The second kappa shape index (κ2) is 13.4. The van der Waals surface area contributed by atoms with Crippen LogP contribution < -0.4 is 43.8 Å². The average molecular weight is 907 g/mol. The maximum absolute atomic E-state index is 13.2. The number of hydrogen-bond acceptors (Lipinski definition) is 40. The molecule has 0 aromatic heterocycles. The van der Waals surface area contributed by atoms with Gasteiger partial charge in [-0.05, 0) is 0 Å². The molecule has 4 unspecified atom stereocenters. The molecule has 4 heterocycles. The Hall–Kier alpha value is -9.23. The fourth-order valence-electron chi connectivity index (χ4n) is 7.79. The molecule has 0 spiro atoms. The Labute approximate surface area is 320 Å². The zero-order valence-electron chi connectivity index (χ0n) is 27.3. The molecule has 0 saturated carbocycles. The normalized spacial score (nSPS) is 26.4. The monoisotopic (exact) mass is 907 g/mol. The Balaban J connectivity index is 2.97. The van der Waals surface area contributed by atoms with E-state index in [9.17, 15) is 121 Å². The number of hydrazine groups is 4. The van der Waals surface area contributed by atoms with Crippen molar-refractivity contribution in [1.82, 2.24) is 43.8 Å². The maximum Gasteiger partial charge on any atom is 0.702 e. The maximum atomic E-state index is 13.2. The molecule has 0 radical (unpaired) electrons. The van der Waals surface area contributed by atoms with Gasteiger partial charge < -0.3 is 0 Å². The first kappa shape index (κ1) is 44.5. The summed E-state index contributed by atoms with van der Waals surface area (Å²) in [6.07, 6.45) is 0. The molecule has 0 aliphatic carbocycles. The van der Waals surface area contributed by atoms with Gasteiger partial charge in [0.2, 0.25) is 18.1 Å². The highest BCUT2D eigenvalue weighted by Gasteiger charge is 3.19. The number of rotatable bonds is 20. The third-order valence-electron chi connectivity index (χ3n) is 9.62. The van der Waals surface area contributed by atoms with Gasteiger partial charge in [-0.15, -0.1) is 0 Å². The second-order valence-corrected chi connectivity index (χ2v) is 16.4. The molecule has 53 heteroatoms. The quantitative estimate of drug-likeness (QED) is 0.0243. The number of nitro groups is 12. The van der Waals surface area contributed by atoms with Crippen molar-refractivity contribution in [3.8, 4) is 0 Å². The lowest BCUT2D eigenvalue weighted by atomic mass is 10.2. The van der Waals surface area contributed by atoms with E-state index in [2.05, 4.69) is 41.4 Å². The van der Waals surface area contributed by atoms with Crippen LogP contribution in [0.15, 0.2) is 41.4 Å². The highest BCUT2D eigenvalue weighted by molar-refractivity contribution is 6.92. The molecular formula is C8H8AlN28O24-. The Morgan fingerprint density at radius 2 is 0.426 bits per heavy atom. The summed E-state index contributed by atoms with van der Waals surface area (Å²) in [5, 5.41) is 179. The van der Waals surface area contributed by atoms with Crippen LogP contribution in [0.4, 0.5) is 0 Å². The number of nitrogens with one attached hydrogen (secondary N) is 8. The van der Waals surface area contributed by atoms with Crippen molar-refractivity contribution in [1.29, 1.82) is 0 Å². The van der Waals surface area contributed by atoms with Gasteiger partial charge in [0.25, 0.3) is 0 Å². The van der Waals surface area contributed by atoms with E-state index in [-0.39, 0.29) is 0 Å². The Kier molecular flexibility index (Phi) is 9.79. The largest absolute Gasteiger partial charge is 0.702 e. The van der Waals surface area contributed by atoms with Gasteiger partial charge in [-0.25, -0.2) is 43.8 Å². The first-order valence-electron chi connectivity index (χ1n) is 13.8. The van der Waals surface area contributed by atoms with Crippen LogP contribution in [-0.4, -0.2) is 113 Å². The standard InChI is InChI=1S/4C2H2N7O6.Al/c4*10-7(11)2(8(12)13,9(14)15)1-3-5-6-4-1;/h4*(H,3,6)(H,4,5);/q;;;;-1. The summed E-state index contributed by atoms with van der Waals surface area (Å²) in [4.78, 5) is 122. The third-order valence-corrected chi connectivity index (χ3v) is 17.2. The lowest BCUT2D eigenvalue weighted by molar-refractivity contribution is -0.987. The van der Waals surface area contributed by atoms with Gasteiger partial charge in [0.15, 0.2) is 59.1 Å². The molecule has 61 heavy (non-hydrogen) atoms. The summed E-state index contributed by atoms with van der Waals surface area (Å²) in [5.41, 5.74) is 7.18. The van der Waals surface area contributed by atoms with Crippen LogP contribution in [0.1, 0.15) is 0 Å². The van der Waals surface area contributed by atoms with Gasteiger partial charge in [0, 0.05) is 0 Å². The first-order valence-corrected chi connectivity index (χ1v) is 16.1. The molecule has 0 fully saturated rings. The molecule has 4 aliphatic heterocycles. The highest BCUT2D eigenvalue weighted by Crippen LogP contribution is 2.64. The fraction of sp³-hybridized carbons (Fsp3) is 1.00. The van der Waals surface area contributed by atoms with Crippen LogP contribution in [0.5, 0.6) is 0 Å². The molecule has 8 N–H and O–H groups in total. The van der Waals surface area contributed by atoms with Crippen LogP contribution in [-0.2, 0) is 0 Å². The number of nitrogens with zero attached hydrogens (tertiary/aromatic N) is 20. The van der Waals surface area contributed by atoms with E-state index in [4.69, 9.17) is 0 Å². The van der Waals surface area contributed by atoms with Crippen molar-refractivity contribution >= 4 is 13.1 Å². The summed E-state index contributed by atoms with van der Waals surface area (Å²) in [6.45, 7) is 0. The predicted molar refractivity (Wildman–Crippen MR) is 156 cm³/mol. The third kappa shape index (κ3) is 4.14. The van der Waals surface area contributed by atoms with E-state index in [1.165, 1.54) is 0 Å².